The summed E-state index contributed by atoms with van der Waals surface area (Å²) in [5, 5.41) is 14.5. The fourth-order valence-electron chi connectivity index (χ4n) is 4.81. The third kappa shape index (κ3) is 4.45. The van der Waals surface area contributed by atoms with Crippen LogP contribution in [0.2, 0.25) is 0 Å². The highest BCUT2D eigenvalue weighted by atomic mass is 16.5. The van der Waals surface area contributed by atoms with Crippen LogP contribution in [0.15, 0.2) is 54.6 Å². The number of aromatic amines is 1. The minimum absolute atomic E-state index is 0.0613. The zero-order valence-electron chi connectivity index (χ0n) is 18.2. The van der Waals surface area contributed by atoms with E-state index >= 15 is 0 Å². The molecule has 2 fully saturated rings. The van der Waals surface area contributed by atoms with Gasteiger partial charge in [0.1, 0.15) is 18.5 Å². The normalized spacial score (nSPS) is 18.8. The molecule has 0 saturated carbocycles. The largest absolute Gasteiger partial charge is 0.490 e. The van der Waals surface area contributed by atoms with Crippen LogP contribution in [0.1, 0.15) is 12.8 Å². The third-order valence-electron chi connectivity index (χ3n) is 6.50. The van der Waals surface area contributed by atoms with E-state index in [0.717, 1.165) is 66.9 Å². The molecule has 0 spiro atoms. The molecule has 168 valence electrons. The Morgan fingerprint density at radius 2 is 1.88 bits per heavy atom. The molecule has 7 nitrogen and oxygen atoms in total. The van der Waals surface area contributed by atoms with Gasteiger partial charge in [-0.1, -0.05) is 36.4 Å². The second-order valence-corrected chi connectivity index (χ2v) is 8.69. The first-order valence-corrected chi connectivity index (χ1v) is 11.4. The van der Waals surface area contributed by atoms with Gasteiger partial charge >= 0.3 is 6.03 Å². The van der Waals surface area contributed by atoms with E-state index in [4.69, 9.17) is 4.74 Å². The fraction of sp³-hybridized carbons (Fsp3) is 0.400. The van der Waals surface area contributed by atoms with Crippen LogP contribution in [-0.4, -0.2) is 77.4 Å². The average molecular weight is 435 g/mol. The van der Waals surface area contributed by atoms with Crippen molar-refractivity contribution in [2.45, 2.75) is 25.0 Å². The summed E-state index contributed by atoms with van der Waals surface area (Å²) in [7, 11) is 0. The Balaban J connectivity index is 1.15. The predicted molar refractivity (Wildman–Crippen MR) is 125 cm³/mol. The van der Waals surface area contributed by atoms with Crippen molar-refractivity contribution in [3.05, 3.63) is 54.6 Å². The van der Waals surface area contributed by atoms with Gasteiger partial charge in [0.2, 0.25) is 0 Å². The maximum Gasteiger partial charge on any atom is 0.317 e. The summed E-state index contributed by atoms with van der Waals surface area (Å²) >= 11 is 0. The number of hydrogen-bond donors (Lipinski definition) is 3. The Labute approximate surface area is 188 Å². The number of rotatable bonds is 7. The fourth-order valence-corrected chi connectivity index (χ4v) is 4.81. The number of nitrogens with one attached hydrogen (secondary N) is 2. The summed E-state index contributed by atoms with van der Waals surface area (Å²) in [6.45, 7) is 4.15. The lowest BCUT2D eigenvalue weighted by atomic mass is 10.0. The van der Waals surface area contributed by atoms with Crippen LogP contribution in [0.25, 0.3) is 22.2 Å². The molecule has 0 bridgehead atoms. The van der Waals surface area contributed by atoms with Crippen LogP contribution >= 0.6 is 0 Å². The van der Waals surface area contributed by atoms with E-state index in [-0.39, 0.29) is 12.6 Å². The molecule has 32 heavy (non-hydrogen) atoms. The molecule has 1 aromatic heterocycles. The standard InChI is InChI=1S/C25H30N4O3/c30-20(16-28-12-9-19(10-13-28)29-14-11-26-25(29)31)17-32-24-8-4-7-22-21(24)15-23(27-22)18-5-2-1-3-6-18/h1-8,15,19-20,27,30H,9-14,16-17H2,(H,26,31). The summed E-state index contributed by atoms with van der Waals surface area (Å²) in [5.41, 5.74) is 3.19. The summed E-state index contributed by atoms with van der Waals surface area (Å²) in [4.78, 5) is 19.5. The van der Waals surface area contributed by atoms with Gasteiger partial charge in [0, 0.05) is 55.4 Å². The minimum atomic E-state index is -0.565. The Hall–Kier alpha value is -3.03. The van der Waals surface area contributed by atoms with Gasteiger partial charge in [-0.05, 0) is 36.6 Å². The van der Waals surface area contributed by atoms with Gasteiger partial charge in [0.05, 0.1) is 0 Å². The number of aromatic nitrogens is 1. The molecule has 3 N–H and O–H groups in total. The van der Waals surface area contributed by atoms with E-state index in [1.54, 1.807) is 0 Å². The number of β-amino-alcohol motifs (C(OH)–C–C–N with tert-alkyl or cyclic N) is 1. The number of piperidine rings is 1. The van der Waals surface area contributed by atoms with E-state index in [9.17, 15) is 9.90 Å². The van der Waals surface area contributed by atoms with Crippen molar-refractivity contribution in [2.75, 3.05) is 39.3 Å². The van der Waals surface area contributed by atoms with E-state index in [1.165, 1.54) is 0 Å². The van der Waals surface area contributed by atoms with Crippen molar-refractivity contribution in [1.82, 2.24) is 20.1 Å². The third-order valence-corrected chi connectivity index (χ3v) is 6.50. The van der Waals surface area contributed by atoms with Gasteiger partial charge in [0.15, 0.2) is 0 Å². The number of fused-ring (bicyclic) bond motifs is 1. The molecule has 0 radical (unpaired) electrons. The lowest BCUT2D eigenvalue weighted by Crippen LogP contribution is -2.48. The lowest BCUT2D eigenvalue weighted by molar-refractivity contribution is 0.0512. The molecule has 0 aliphatic carbocycles. The van der Waals surface area contributed by atoms with E-state index in [0.29, 0.717) is 12.6 Å². The SMILES string of the molecule is O=C1NCCN1C1CCN(CC(O)COc2cccc3[nH]c(-c4ccccc4)cc23)CC1. The number of amides is 2. The Kier molecular flexibility index (Phi) is 6.01. The summed E-state index contributed by atoms with van der Waals surface area (Å²) < 4.78 is 6.03. The maximum atomic E-state index is 11.9. The number of hydrogen-bond acceptors (Lipinski definition) is 4. The van der Waals surface area contributed by atoms with Crippen molar-refractivity contribution >= 4 is 16.9 Å². The van der Waals surface area contributed by atoms with Crippen LogP contribution < -0.4 is 10.1 Å². The number of H-pyrrole nitrogens is 1. The van der Waals surface area contributed by atoms with Gasteiger partial charge in [-0.15, -0.1) is 0 Å². The van der Waals surface area contributed by atoms with Crippen LogP contribution in [0.4, 0.5) is 4.79 Å². The number of nitrogens with zero attached hydrogens (tertiary/aromatic N) is 2. The van der Waals surface area contributed by atoms with Crippen LogP contribution in [-0.2, 0) is 0 Å². The molecule has 7 heteroatoms. The first-order valence-electron chi connectivity index (χ1n) is 11.4. The number of ether oxygens (including phenoxy) is 1. The topological polar surface area (TPSA) is 80.8 Å². The molecule has 5 rings (SSSR count). The molecule has 2 amide bonds. The zero-order valence-corrected chi connectivity index (χ0v) is 18.2. The highest BCUT2D eigenvalue weighted by Gasteiger charge is 2.31. The second kappa shape index (κ2) is 9.22. The smallest absolute Gasteiger partial charge is 0.317 e. The molecular formula is C25H30N4O3. The Bertz CT molecular complexity index is 1060. The number of carbonyl (C=O) groups excluding carboxylic acids is 1. The quantitative estimate of drug-likeness (QED) is 0.534. The van der Waals surface area contributed by atoms with E-state index in [2.05, 4.69) is 33.4 Å². The highest BCUT2D eigenvalue weighted by Crippen LogP contribution is 2.30. The first kappa shape index (κ1) is 20.8. The zero-order chi connectivity index (χ0) is 21.9. The second-order valence-electron chi connectivity index (χ2n) is 8.69. The highest BCUT2D eigenvalue weighted by molar-refractivity contribution is 5.90. The molecular weight excluding hydrogens is 404 g/mol. The maximum absolute atomic E-state index is 11.9. The molecule has 2 aliphatic rings. The molecule has 2 aromatic carbocycles. The molecule has 2 aliphatic heterocycles. The van der Waals surface area contributed by atoms with Gasteiger partial charge < -0.3 is 29.9 Å². The molecule has 1 atom stereocenters. The van der Waals surface area contributed by atoms with Crippen molar-refractivity contribution in [2.24, 2.45) is 0 Å². The van der Waals surface area contributed by atoms with E-state index in [1.807, 2.05) is 41.3 Å². The van der Waals surface area contributed by atoms with Crippen molar-refractivity contribution < 1.29 is 14.6 Å². The number of aliphatic hydroxyl groups is 1. The monoisotopic (exact) mass is 434 g/mol. The minimum Gasteiger partial charge on any atom is -0.490 e. The van der Waals surface area contributed by atoms with Gasteiger partial charge in [0.25, 0.3) is 0 Å². The summed E-state index contributed by atoms with van der Waals surface area (Å²) in [6.07, 6.45) is 1.34. The number of likely N-dealkylation sites (tertiary alicyclic amines) is 1. The molecule has 2 saturated heterocycles. The van der Waals surface area contributed by atoms with Crippen LogP contribution in [0.3, 0.4) is 0 Å². The van der Waals surface area contributed by atoms with E-state index < -0.39 is 6.10 Å². The van der Waals surface area contributed by atoms with Gasteiger partial charge in [-0.2, -0.15) is 0 Å². The van der Waals surface area contributed by atoms with Gasteiger partial charge in [-0.25, -0.2) is 4.79 Å². The number of benzene rings is 2. The number of urea groups is 1. The van der Waals surface area contributed by atoms with Crippen LogP contribution in [0.5, 0.6) is 5.75 Å². The Morgan fingerprint density at radius 1 is 1.06 bits per heavy atom. The number of aliphatic hydroxyl groups excluding tert-OH is 1. The van der Waals surface area contributed by atoms with Crippen molar-refractivity contribution in [3.63, 3.8) is 0 Å². The van der Waals surface area contributed by atoms with Crippen molar-refractivity contribution in [3.8, 4) is 17.0 Å². The van der Waals surface area contributed by atoms with Gasteiger partial charge in [-0.3, -0.25) is 0 Å². The summed E-state index contributed by atoms with van der Waals surface area (Å²) in [6, 6.07) is 18.6. The number of carbonyl (C=O) groups is 1. The lowest BCUT2D eigenvalue weighted by Gasteiger charge is -2.36. The Morgan fingerprint density at radius 3 is 2.62 bits per heavy atom. The average Bonchev–Trinajstić information content (AvgIpc) is 3.45. The first-order chi connectivity index (χ1) is 15.7. The van der Waals surface area contributed by atoms with Crippen LogP contribution in [0, 0.1) is 0 Å². The molecule has 3 heterocycles. The molecule has 1 unspecified atom stereocenters. The predicted octanol–water partition coefficient (Wildman–Crippen LogP) is 3.06. The summed E-state index contributed by atoms with van der Waals surface area (Å²) in [5.74, 6) is 0.777. The molecule has 3 aromatic rings. The van der Waals surface area contributed by atoms with Crippen molar-refractivity contribution in [1.29, 1.82) is 0 Å².